The van der Waals surface area contributed by atoms with Crippen LogP contribution in [-0.2, 0) is 16.3 Å². The molecule has 0 atom stereocenters. The molecule has 0 aliphatic rings. The summed E-state index contributed by atoms with van der Waals surface area (Å²) < 4.78 is 28.5. The highest BCUT2D eigenvalue weighted by molar-refractivity contribution is 7.90. The zero-order valence-corrected chi connectivity index (χ0v) is 12.0. The molecule has 2 rings (SSSR count). The standard InChI is InChI=1S/C13H15N3O3S/c1-3-12-15-11(14)8-13(16-12)19-9-5-4-6-10(7-9)20(2,17)18/h4-8H,3H2,1-2H3,(H2,14,15,16). The molecule has 7 heteroatoms. The van der Waals surface area contributed by atoms with Crippen LogP contribution in [-0.4, -0.2) is 24.6 Å². The minimum Gasteiger partial charge on any atom is -0.439 e. The first-order valence-corrected chi connectivity index (χ1v) is 7.89. The van der Waals surface area contributed by atoms with Gasteiger partial charge in [-0.15, -0.1) is 0 Å². The molecule has 0 amide bonds. The lowest BCUT2D eigenvalue weighted by atomic mass is 10.3. The number of aryl methyl sites for hydroxylation is 1. The topological polar surface area (TPSA) is 95.2 Å². The van der Waals surface area contributed by atoms with Gasteiger partial charge < -0.3 is 10.5 Å². The van der Waals surface area contributed by atoms with Crippen LogP contribution >= 0.6 is 0 Å². The fourth-order valence-corrected chi connectivity index (χ4v) is 2.25. The summed E-state index contributed by atoms with van der Waals surface area (Å²) in [6, 6.07) is 7.70. The number of hydrogen-bond donors (Lipinski definition) is 1. The van der Waals surface area contributed by atoms with Crippen molar-refractivity contribution in [3.8, 4) is 11.6 Å². The molecule has 0 aliphatic carbocycles. The van der Waals surface area contributed by atoms with Gasteiger partial charge in [-0.2, -0.15) is 4.98 Å². The van der Waals surface area contributed by atoms with Crippen molar-refractivity contribution < 1.29 is 13.2 Å². The third-order valence-electron chi connectivity index (χ3n) is 2.54. The summed E-state index contributed by atoms with van der Waals surface area (Å²) in [6.45, 7) is 1.91. The van der Waals surface area contributed by atoms with Gasteiger partial charge in [-0.1, -0.05) is 13.0 Å². The van der Waals surface area contributed by atoms with Crippen molar-refractivity contribution in [2.75, 3.05) is 12.0 Å². The highest BCUT2D eigenvalue weighted by Gasteiger charge is 2.09. The van der Waals surface area contributed by atoms with Crippen LogP contribution in [0.4, 0.5) is 5.82 Å². The SMILES string of the molecule is CCc1nc(N)cc(Oc2cccc(S(C)(=O)=O)c2)n1. The second-order valence-electron chi connectivity index (χ2n) is 4.25. The molecule has 0 spiro atoms. The molecule has 0 unspecified atom stereocenters. The minimum atomic E-state index is -3.28. The van der Waals surface area contributed by atoms with Crippen molar-refractivity contribution in [3.05, 3.63) is 36.2 Å². The number of ether oxygens (including phenoxy) is 1. The molecule has 1 aromatic carbocycles. The molecule has 106 valence electrons. The van der Waals surface area contributed by atoms with E-state index in [9.17, 15) is 8.42 Å². The summed E-state index contributed by atoms with van der Waals surface area (Å²) >= 11 is 0. The molecule has 0 aliphatic heterocycles. The van der Waals surface area contributed by atoms with Crippen LogP contribution in [0.1, 0.15) is 12.7 Å². The van der Waals surface area contributed by atoms with E-state index in [-0.39, 0.29) is 4.90 Å². The highest BCUT2D eigenvalue weighted by atomic mass is 32.2. The van der Waals surface area contributed by atoms with Crippen molar-refractivity contribution in [1.82, 2.24) is 9.97 Å². The molecular weight excluding hydrogens is 278 g/mol. The first kappa shape index (κ1) is 14.3. The Morgan fingerprint density at radius 3 is 2.65 bits per heavy atom. The van der Waals surface area contributed by atoms with Crippen molar-refractivity contribution in [2.45, 2.75) is 18.2 Å². The largest absolute Gasteiger partial charge is 0.439 e. The van der Waals surface area contributed by atoms with Crippen LogP contribution in [0.3, 0.4) is 0 Å². The molecule has 0 saturated carbocycles. The number of nitrogens with two attached hydrogens (primary N) is 1. The fourth-order valence-electron chi connectivity index (χ4n) is 1.59. The van der Waals surface area contributed by atoms with Crippen LogP contribution in [0.25, 0.3) is 0 Å². The van der Waals surface area contributed by atoms with E-state index in [1.807, 2.05) is 6.92 Å². The molecule has 0 saturated heterocycles. The van der Waals surface area contributed by atoms with Gasteiger partial charge in [0.15, 0.2) is 9.84 Å². The lowest BCUT2D eigenvalue weighted by molar-refractivity contribution is 0.457. The maximum atomic E-state index is 11.5. The van der Waals surface area contributed by atoms with Crippen LogP contribution < -0.4 is 10.5 Å². The quantitative estimate of drug-likeness (QED) is 0.923. The summed E-state index contributed by atoms with van der Waals surface area (Å²) in [4.78, 5) is 8.41. The molecule has 0 bridgehead atoms. The van der Waals surface area contributed by atoms with Gasteiger partial charge in [-0.25, -0.2) is 13.4 Å². The smallest absolute Gasteiger partial charge is 0.224 e. The van der Waals surface area contributed by atoms with E-state index in [4.69, 9.17) is 10.5 Å². The van der Waals surface area contributed by atoms with E-state index in [1.54, 1.807) is 12.1 Å². The number of hydrogen-bond acceptors (Lipinski definition) is 6. The fraction of sp³-hybridized carbons (Fsp3) is 0.231. The number of benzene rings is 1. The number of anilines is 1. The molecule has 1 aromatic heterocycles. The molecule has 2 aromatic rings. The Balaban J connectivity index is 2.33. The molecule has 0 radical (unpaired) electrons. The van der Waals surface area contributed by atoms with Gasteiger partial charge in [0.25, 0.3) is 0 Å². The summed E-state index contributed by atoms with van der Waals surface area (Å²) in [5.41, 5.74) is 5.66. The Morgan fingerprint density at radius 2 is 2.00 bits per heavy atom. The van der Waals surface area contributed by atoms with Crippen molar-refractivity contribution in [1.29, 1.82) is 0 Å². The monoisotopic (exact) mass is 293 g/mol. The maximum Gasteiger partial charge on any atom is 0.224 e. The minimum absolute atomic E-state index is 0.188. The molecule has 2 N–H and O–H groups in total. The van der Waals surface area contributed by atoms with E-state index in [0.29, 0.717) is 29.7 Å². The van der Waals surface area contributed by atoms with Gasteiger partial charge in [0.05, 0.1) is 4.90 Å². The van der Waals surface area contributed by atoms with E-state index in [2.05, 4.69) is 9.97 Å². The average Bonchev–Trinajstić information content (AvgIpc) is 2.37. The third-order valence-corrected chi connectivity index (χ3v) is 3.65. The van der Waals surface area contributed by atoms with Gasteiger partial charge >= 0.3 is 0 Å². The first-order chi connectivity index (χ1) is 9.38. The molecular formula is C13H15N3O3S. The number of nitrogen functional groups attached to an aromatic ring is 1. The van der Waals surface area contributed by atoms with E-state index < -0.39 is 9.84 Å². The lowest BCUT2D eigenvalue weighted by Gasteiger charge is -2.07. The Kier molecular flexibility index (Phi) is 3.89. The van der Waals surface area contributed by atoms with Crippen LogP contribution in [0, 0.1) is 0 Å². The van der Waals surface area contributed by atoms with Crippen LogP contribution in [0.5, 0.6) is 11.6 Å². The zero-order valence-electron chi connectivity index (χ0n) is 11.2. The van der Waals surface area contributed by atoms with E-state index >= 15 is 0 Å². The van der Waals surface area contributed by atoms with Crippen molar-refractivity contribution in [3.63, 3.8) is 0 Å². The zero-order chi connectivity index (χ0) is 14.8. The Morgan fingerprint density at radius 1 is 1.25 bits per heavy atom. The van der Waals surface area contributed by atoms with Crippen LogP contribution in [0.15, 0.2) is 35.2 Å². The number of rotatable bonds is 4. The number of sulfone groups is 1. The summed E-state index contributed by atoms with van der Waals surface area (Å²) in [5.74, 6) is 1.55. The molecule has 0 fully saturated rings. The van der Waals surface area contributed by atoms with Gasteiger partial charge in [0, 0.05) is 18.7 Å². The second kappa shape index (κ2) is 5.46. The number of aromatic nitrogens is 2. The van der Waals surface area contributed by atoms with Crippen molar-refractivity contribution in [2.24, 2.45) is 0 Å². The van der Waals surface area contributed by atoms with E-state index in [0.717, 1.165) is 6.26 Å². The Bertz CT molecular complexity index is 729. The summed E-state index contributed by atoms with van der Waals surface area (Å²) in [7, 11) is -3.28. The molecule has 20 heavy (non-hydrogen) atoms. The van der Waals surface area contributed by atoms with Gasteiger partial charge in [-0.3, -0.25) is 0 Å². The summed E-state index contributed by atoms with van der Waals surface area (Å²) in [6.07, 6.45) is 1.77. The van der Waals surface area contributed by atoms with Gasteiger partial charge in [0.2, 0.25) is 5.88 Å². The predicted molar refractivity (Wildman–Crippen MR) is 75.4 cm³/mol. The second-order valence-corrected chi connectivity index (χ2v) is 6.27. The molecule has 1 heterocycles. The predicted octanol–water partition coefficient (Wildman–Crippen LogP) is 1.82. The van der Waals surface area contributed by atoms with Crippen molar-refractivity contribution >= 4 is 15.7 Å². The highest BCUT2D eigenvalue weighted by Crippen LogP contribution is 2.23. The lowest BCUT2D eigenvalue weighted by Crippen LogP contribution is -2.01. The summed E-state index contributed by atoms with van der Waals surface area (Å²) in [5, 5.41) is 0. The molecule has 6 nitrogen and oxygen atoms in total. The normalized spacial score (nSPS) is 11.3. The Hall–Kier alpha value is -2.15. The first-order valence-electron chi connectivity index (χ1n) is 6.00. The number of nitrogens with zero attached hydrogens (tertiary/aromatic N) is 2. The third kappa shape index (κ3) is 3.45. The van der Waals surface area contributed by atoms with E-state index in [1.165, 1.54) is 18.2 Å². The van der Waals surface area contributed by atoms with Gasteiger partial charge in [-0.05, 0) is 18.2 Å². The van der Waals surface area contributed by atoms with Gasteiger partial charge in [0.1, 0.15) is 17.4 Å². The average molecular weight is 293 g/mol. The van der Waals surface area contributed by atoms with Crippen LogP contribution in [0.2, 0.25) is 0 Å². The maximum absolute atomic E-state index is 11.5. The Labute approximate surface area is 117 Å².